The lowest BCUT2D eigenvalue weighted by molar-refractivity contribution is -0.116. The van der Waals surface area contributed by atoms with Crippen molar-refractivity contribution in [1.29, 1.82) is 0 Å². The number of hydrogen-bond donors (Lipinski definition) is 1. The van der Waals surface area contributed by atoms with Gasteiger partial charge in [-0.25, -0.2) is 8.42 Å². The molecule has 0 aliphatic carbocycles. The molecule has 1 aliphatic rings. The lowest BCUT2D eigenvalue weighted by Crippen LogP contribution is -2.17. The van der Waals surface area contributed by atoms with E-state index in [1.54, 1.807) is 6.07 Å². The van der Waals surface area contributed by atoms with Crippen LogP contribution in [0.5, 0.6) is 0 Å². The number of rotatable bonds is 3. The van der Waals surface area contributed by atoms with E-state index in [9.17, 15) is 13.2 Å². The predicted molar refractivity (Wildman–Crippen MR) is 93.7 cm³/mol. The Morgan fingerprint density at radius 1 is 1.12 bits per heavy atom. The molecule has 124 valence electrons. The first-order valence-electron chi connectivity index (χ1n) is 7.92. The average molecular weight is 343 g/mol. The lowest BCUT2D eigenvalue weighted by Gasteiger charge is -2.08. The van der Waals surface area contributed by atoms with Gasteiger partial charge in [-0.15, -0.1) is 0 Å². The fraction of sp³-hybridized carbons (Fsp3) is 0.278. The molecule has 1 atom stereocenters. The molecular weight excluding hydrogens is 326 g/mol. The van der Waals surface area contributed by atoms with Gasteiger partial charge in [-0.2, -0.15) is 0 Å². The van der Waals surface area contributed by atoms with Gasteiger partial charge in [-0.1, -0.05) is 18.2 Å². The van der Waals surface area contributed by atoms with E-state index in [-0.39, 0.29) is 29.8 Å². The summed E-state index contributed by atoms with van der Waals surface area (Å²) in [5, 5.41) is 4.82. The van der Waals surface area contributed by atoms with E-state index >= 15 is 0 Å². The summed E-state index contributed by atoms with van der Waals surface area (Å²) in [5.41, 5.74) is 2.28. The van der Waals surface area contributed by atoms with Crippen LogP contribution in [0.3, 0.4) is 0 Å². The van der Waals surface area contributed by atoms with E-state index in [1.165, 1.54) is 0 Å². The largest absolute Gasteiger partial charge is 0.456 e. The van der Waals surface area contributed by atoms with Gasteiger partial charge in [0.05, 0.1) is 11.5 Å². The number of furan rings is 1. The van der Waals surface area contributed by atoms with E-state index in [2.05, 4.69) is 5.32 Å². The molecule has 4 rings (SSSR count). The highest BCUT2D eigenvalue weighted by atomic mass is 32.2. The fourth-order valence-corrected chi connectivity index (χ4v) is 5.17. The smallest absolute Gasteiger partial charge is 0.224 e. The van der Waals surface area contributed by atoms with Crippen molar-refractivity contribution in [2.24, 2.45) is 5.92 Å². The summed E-state index contributed by atoms with van der Waals surface area (Å²) >= 11 is 0. The Kier molecular flexibility index (Phi) is 3.57. The molecule has 1 saturated heterocycles. The summed E-state index contributed by atoms with van der Waals surface area (Å²) < 4.78 is 28.7. The Bertz CT molecular complexity index is 1040. The van der Waals surface area contributed by atoms with E-state index < -0.39 is 9.84 Å². The van der Waals surface area contributed by atoms with Gasteiger partial charge in [0.2, 0.25) is 5.91 Å². The van der Waals surface area contributed by atoms with E-state index in [0.29, 0.717) is 12.1 Å². The highest BCUT2D eigenvalue weighted by Crippen LogP contribution is 2.30. The molecule has 0 saturated carbocycles. The molecule has 1 amide bonds. The second-order valence-electron chi connectivity index (χ2n) is 6.33. The molecule has 3 aromatic rings. The number of nitrogens with one attached hydrogen (secondary N) is 1. The highest BCUT2D eigenvalue weighted by Gasteiger charge is 2.29. The van der Waals surface area contributed by atoms with Gasteiger partial charge in [-0.3, -0.25) is 4.79 Å². The van der Waals surface area contributed by atoms with Crippen molar-refractivity contribution in [1.82, 2.24) is 0 Å². The number of amides is 1. The molecule has 1 N–H and O–H groups in total. The summed E-state index contributed by atoms with van der Waals surface area (Å²) in [7, 11) is -2.95. The first-order chi connectivity index (χ1) is 11.5. The van der Waals surface area contributed by atoms with Gasteiger partial charge < -0.3 is 9.73 Å². The number of carbonyl (C=O) groups excluding carboxylic acids is 1. The van der Waals surface area contributed by atoms with Crippen molar-refractivity contribution >= 4 is 43.4 Å². The zero-order valence-corrected chi connectivity index (χ0v) is 13.8. The number of sulfone groups is 1. The Labute approximate surface area is 139 Å². The molecule has 0 radical (unpaired) electrons. The maximum Gasteiger partial charge on any atom is 0.224 e. The van der Waals surface area contributed by atoms with Crippen LogP contribution >= 0.6 is 0 Å². The second kappa shape index (κ2) is 5.63. The van der Waals surface area contributed by atoms with Crippen molar-refractivity contribution in [3.8, 4) is 0 Å². The molecule has 2 heterocycles. The third-order valence-corrected chi connectivity index (χ3v) is 6.30. The molecule has 5 nitrogen and oxygen atoms in total. The maximum absolute atomic E-state index is 12.2. The standard InChI is InChI=1S/C18H17NO4S/c20-18(9-12-7-8-24(21,22)11-12)19-13-5-6-17-15(10-13)14-3-1-2-4-16(14)23-17/h1-6,10,12H,7-9,11H2,(H,19,20)/t12-/m1/s1. The van der Waals surface area contributed by atoms with Gasteiger partial charge in [-0.05, 0) is 36.6 Å². The zero-order valence-electron chi connectivity index (χ0n) is 13.0. The van der Waals surface area contributed by atoms with Crippen LogP contribution < -0.4 is 5.32 Å². The molecule has 2 aromatic carbocycles. The summed E-state index contributed by atoms with van der Waals surface area (Å²) in [6.07, 6.45) is 0.810. The summed E-state index contributed by atoms with van der Waals surface area (Å²) in [6, 6.07) is 13.3. The average Bonchev–Trinajstić information content (AvgIpc) is 3.07. The molecule has 1 fully saturated rings. The van der Waals surface area contributed by atoms with Crippen molar-refractivity contribution < 1.29 is 17.6 Å². The fourth-order valence-electron chi connectivity index (χ4n) is 3.31. The van der Waals surface area contributed by atoms with Crippen LogP contribution in [0.1, 0.15) is 12.8 Å². The van der Waals surface area contributed by atoms with Crippen LogP contribution in [-0.4, -0.2) is 25.8 Å². The Balaban J connectivity index is 1.54. The molecule has 0 spiro atoms. The SMILES string of the molecule is O=C(C[C@H]1CCS(=O)(=O)C1)Nc1ccc2oc3ccccc3c2c1. The third-order valence-electron chi connectivity index (χ3n) is 4.46. The summed E-state index contributed by atoms with van der Waals surface area (Å²) in [6.45, 7) is 0. The summed E-state index contributed by atoms with van der Waals surface area (Å²) in [4.78, 5) is 12.2. The van der Waals surface area contributed by atoms with Crippen molar-refractivity contribution in [2.45, 2.75) is 12.8 Å². The van der Waals surface area contributed by atoms with Gasteiger partial charge in [0.25, 0.3) is 0 Å². The predicted octanol–water partition coefficient (Wildman–Crippen LogP) is 3.35. The van der Waals surface area contributed by atoms with Crippen LogP contribution in [-0.2, 0) is 14.6 Å². The molecule has 0 unspecified atom stereocenters. The normalized spacial score (nSPS) is 19.8. The van der Waals surface area contributed by atoms with Gasteiger partial charge in [0.1, 0.15) is 11.2 Å². The molecule has 0 bridgehead atoms. The monoisotopic (exact) mass is 343 g/mol. The minimum Gasteiger partial charge on any atom is -0.456 e. The van der Waals surface area contributed by atoms with E-state index in [4.69, 9.17) is 4.42 Å². The zero-order chi connectivity index (χ0) is 16.7. The molecule has 6 heteroatoms. The Hall–Kier alpha value is -2.34. The molecule has 1 aliphatic heterocycles. The minimum absolute atomic E-state index is 0.0755. The second-order valence-corrected chi connectivity index (χ2v) is 8.56. The van der Waals surface area contributed by atoms with Gasteiger partial charge in [0.15, 0.2) is 9.84 Å². The Morgan fingerprint density at radius 3 is 2.71 bits per heavy atom. The number of anilines is 1. The molecular formula is C18H17NO4S. The third kappa shape index (κ3) is 2.89. The summed E-state index contributed by atoms with van der Waals surface area (Å²) in [5.74, 6) is 0.0849. The van der Waals surface area contributed by atoms with Crippen molar-refractivity contribution in [3.63, 3.8) is 0 Å². The lowest BCUT2D eigenvalue weighted by atomic mass is 10.0. The number of carbonyl (C=O) groups is 1. The van der Waals surface area contributed by atoms with Gasteiger partial charge in [0, 0.05) is 22.9 Å². The Morgan fingerprint density at radius 2 is 1.92 bits per heavy atom. The van der Waals surface area contributed by atoms with E-state index in [0.717, 1.165) is 21.9 Å². The first-order valence-corrected chi connectivity index (χ1v) is 9.74. The topological polar surface area (TPSA) is 76.4 Å². The van der Waals surface area contributed by atoms with Crippen molar-refractivity contribution in [3.05, 3.63) is 42.5 Å². The first kappa shape index (κ1) is 15.2. The van der Waals surface area contributed by atoms with Crippen LogP contribution in [0.15, 0.2) is 46.9 Å². The van der Waals surface area contributed by atoms with Crippen LogP contribution in [0.2, 0.25) is 0 Å². The van der Waals surface area contributed by atoms with E-state index in [1.807, 2.05) is 36.4 Å². The maximum atomic E-state index is 12.2. The van der Waals surface area contributed by atoms with Crippen LogP contribution in [0, 0.1) is 5.92 Å². The quantitative estimate of drug-likeness (QED) is 0.791. The number of para-hydroxylation sites is 1. The minimum atomic E-state index is -2.95. The van der Waals surface area contributed by atoms with Gasteiger partial charge >= 0.3 is 0 Å². The number of hydrogen-bond acceptors (Lipinski definition) is 4. The highest BCUT2D eigenvalue weighted by molar-refractivity contribution is 7.91. The number of fused-ring (bicyclic) bond motifs is 3. The van der Waals surface area contributed by atoms with Crippen LogP contribution in [0.4, 0.5) is 5.69 Å². The number of benzene rings is 2. The van der Waals surface area contributed by atoms with Crippen LogP contribution in [0.25, 0.3) is 21.9 Å². The molecule has 1 aromatic heterocycles. The van der Waals surface area contributed by atoms with Crippen molar-refractivity contribution in [2.75, 3.05) is 16.8 Å². The molecule has 24 heavy (non-hydrogen) atoms.